The zero-order valence-corrected chi connectivity index (χ0v) is 15.9. The number of rotatable bonds is 8. The van der Waals surface area contributed by atoms with Crippen LogP contribution in [0.15, 0.2) is 29.2 Å². The Bertz CT molecular complexity index is 665. The lowest BCUT2D eigenvalue weighted by Gasteiger charge is -2.16. The molecule has 2 rings (SSSR count). The SMILES string of the molecule is CC(C)CNC(=O)[C@@H](C)Oc1ccc(S(=O)(=O)NC2CCCC2)cc1. The quantitative estimate of drug-likeness (QED) is 0.738. The number of carbonyl (C=O) groups is 1. The molecule has 1 amide bonds. The topological polar surface area (TPSA) is 84.5 Å². The average Bonchev–Trinajstić information content (AvgIpc) is 3.05. The minimum Gasteiger partial charge on any atom is -0.481 e. The van der Waals surface area contributed by atoms with Gasteiger partial charge in [0.25, 0.3) is 5.91 Å². The third-order valence-corrected chi connectivity index (χ3v) is 5.71. The van der Waals surface area contributed by atoms with E-state index in [1.807, 2.05) is 13.8 Å². The molecule has 2 N–H and O–H groups in total. The van der Waals surface area contributed by atoms with Crippen LogP contribution >= 0.6 is 0 Å². The van der Waals surface area contributed by atoms with Gasteiger partial charge >= 0.3 is 0 Å². The van der Waals surface area contributed by atoms with Crippen LogP contribution in [0, 0.1) is 5.92 Å². The first-order chi connectivity index (χ1) is 11.8. The first kappa shape index (κ1) is 19.7. The van der Waals surface area contributed by atoms with E-state index in [1.165, 1.54) is 12.1 Å². The largest absolute Gasteiger partial charge is 0.481 e. The second-order valence-electron chi connectivity index (χ2n) is 6.97. The Morgan fingerprint density at radius 1 is 1.16 bits per heavy atom. The summed E-state index contributed by atoms with van der Waals surface area (Å²) in [7, 11) is -3.51. The molecule has 0 radical (unpaired) electrons. The molecule has 0 spiro atoms. The zero-order valence-electron chi connectivity index (χ0n) is 15.1. The molecule has 140 valence electrons. The Morgan fingerprint density at radius 3 is 2.32 bits per heavy atom. The van der Waals surface area contributed by atoms with Crippen molar-refractivity contribution in [2.45, 2.75) is 63.5 Å². The maximum atomic E-state index is 12.4. The van der Waals surface area contributed by atoms with Gasteiger partial charge in [-0.15, -0.1) is 0 Å². The molecule has 1 fully saturated rings. The summed E-state index contributed by atoms with van der Waals surface area (Å²) in [5, 5.41) is 2.81. The highest BCUT2D eigenvalue weighted by atomic mass is 32.2. The number of ether oxygens (including phenoxy) is 1. The van der Waals surface area contributed by atoms with Crippen LogP contribution in [0.3, 0.4) is 0 Å². The highest BCUT2D eigenvalue weighted by Gasteiger charge is 2.23. The summed E-state index contributed by atoms with van der Waals surface area (Å²) in [4.78, 5) is 12.1. The van der Waals surface area contributed by atoms with Crippen molar-refractivity contribution in [3.05, 3.63) is 24.3 Å². The Kier molecular flexibility index (Phi) is 6.84. The summed E-state index contributed by atoms with van der Waals surface area (Å²) in [6.07, 6.45) is 3.28. The van der Waals surface area contributed by atoms with Gasteiger partial charge in [-0.2, -0.15) is 0 Å². The lowest BCUT2D eigenvalue weighted by Crippen LogP contribution is -2.38. The molecule has 0 aliphatic heterocycles. The molecule has 6 nitrogen and oxygen atoms in total. The number of hydrogen-bond donors (Lipinski definition) is 2. The molecule has 1 atom stereocenters. The fraction of sp³-hybridized carbons (Fsp3) is 0.611. The van der Waals surface area contributed by atoms with E-state index in [1.54, 1.807) is 19.1 Å². The summed E-state index contributed by atoms with van der Waals surface area (Å²) < 4.78 is 33.1. The van der Waals surface area contributed by atoms with Gasteiger partial charge in [-0.25, -0.2) is 13.1 Å². The van der Waals surface area contributed by atoms with E-state index >= 15 is 0 Å². The van der Waals surface area contributed by atoms with Gasteiger partial charge in [0, 0.05) is 12.6 Å². The third-order valence-electron chi connectivity index (χ3n) is 4.18. The Morgan fingerprint density at radius 2 is 1.76 bits per heavy atom. The molecule has 1 aromatic rings. The molecule has 0 heterocycles. The maximum Gasteiger partial charge on any atom is 0.260 e. The van der Waals surface area contributed by atoms with Gasteiger partial charge < -0.3 is 10.1 Å². The second kappa shape index (κ2) is 8.67. The molecule has 0 bridgehead atoms. The van der Waals surface area contributed by atoms with Crippen molar-refractivity contribution in [3.8, 4) is 5.75 Å². The zero-order chi connectivity index (χ0) is 18.4. The van der Waals surface area contributed by atoms with Gasteiger partial charge in [-0.05, 0) is 49.9 Å². The number of nitrogens with one attached hydrogen (secondary N) is 2. The first-order valence-electron chi connectivity index (χ1n) is 8.84. The Labute approximate surface area is 150 Å². The summed E-state index contributed by atoms with van der Waals surface area (Å²) in [5.74, 6) is 0.647. The van der Waals surface area contributed by atoms with Crippen LogP contribution in [-0.2, 0) is 14.8 Å². The molecule has 0 saturated heterocycles. The van der Waals surface area contributed by atoms with Gasteiger partial charge in [0.05, 0.1) is 4.90 Å². The van der Waals surface area contributed by atoms with Crippen molar-refractivity contribution in [1.29, 1.82) is 0 Å². The van der Waals surface area contributed by atoms with Gasteiger partial charge in [-0.1, -0.05) is 26.7 Å². The summed E-state index contributed by atoms with van der Waals surface area (Å²) >= 11 is 0. The molecule has 1 aliphatic carbocycles. The molecular formula is C18H28N2O4S. The molecule has 25 heavy (non-hydrogen) atoms. The van der Waals surface area contributed by atoms with Crippen LogP contribution in [0.25, 0.3) is 0 Å². The third kappa shape index (κ3) is 6.01. The monoisotopic (exact) mass is 368 g/mol. The molecule has 1 aromatic carbocycles. The number of hydrogen-bond acceptors (Lipinski definition) is 4. The van der Waals surface area contributed by atoms with Crippen LogP contribution in [0.5, 0.6) is 5.75 Å². The normalized spacial score (nSPS) is 16.8. The van der Waals surface area contributed by atoms with E-state index in [9.17, 15) is 13.2 Å². The summed E-state index contributed by atoms with van der Waals surface area (Å²) in [6, 6.07) is 6.20. The molecule has 1 aliphatic rings. The first-order valence-corrected chi connectivity index (χ1v) is 10.3. The highest BCUT2D eigenvalue weighted by Crippen LogP contribution is 2.22. The maximum absolute atomic E-state index is 12.4. The van der Waals surface area contributed by atoms with Crippen LogP contribution < -0.4 is 14.8 Å². The molecule has 1 saturated carbocycles. The van der Waals surface area contributed by atoms with E-state index in [0.717, 1.165) is 25.7 Å². The molecule has 7 heteroatoms. The number of amides is 1. The summed E-state index contributed by atoms with van der Waals surface area (Å²) in [5.41, 5.74) is 0. The van der Waals surface area contributed by atoms with E-state index in [0.29, 0.717) is 18.2 Å². The standard InChI is InChI=1S/C18H28N2O4S/c1-13(2)12-19-18(21)14(3)24-16-8-10-17(11-9-16)25(22,23)20-15-6-4-5-7-15/h8-11,13-15,20H,4-7,12H2,1-3H3,(H,19,21)/t14-/m1/s1. The fourth-order valence-corrected chi connectivity index (χ4v) is 4.04. The van der Waals surface area contributed by atoms with Crippen molar-refractivity contribution in [3.63, 3.8) is 0 Å². The fourth-order valence-electron chi connectivity index (χ4n) is 2.73. The van der Waals surface area contributed by atoms with Gasteiger partial charge in [0.15, 0.2) is 6.10 Å². The minimum absolute atomic E-state index is 0.0330. The van der Waals surface area contributed by atoms with E-state index in [4.69, 9.17) is 4.74 Å². The highest BCUT2D eigenvalue weighted by molar-refractivity contribution is 7.89. The Balaban J connectivity index is 1.93. The van der Waals surface area contributed by atoms with Gasteiger partial charge in [0.1, 0.15) is 5.75 Å². The smallest absolute Gasteiger partial charge is 0.260 e. The van der Waals surface area contributed by atoms with Gasteiger partial charge in [0.2, 0.25) is 10.0 Å². The van der Waals surface area contributed by atoms with Crippen LogP contribution in [0.4, 0.5) is 0 Å². The Hall–Kier alpha value is -1.60. The van der Waals surface area contributed by atoms with E-state index < -0.39 is 16.1 Å². The lowest BCUT2D eigenvalue weighted by molar-refractivity contribution is -0.127. The molecule has 0 unspecified atom stereocenters. The predicted molar refractivity (Wildman–Crippen MR) is 97.0 cm³/mol. The van der Waals surface area contributed by atoms with E-state index in [-0.39, 0.29) is 16.8 Å². The second-order valence-corrected chi connectivity index (χ2v) is 8.69. The van der Waals surface area contributed by atoms with Crippen LogP contribution in [0.1, 0.15) is 46.5 Å². The van der Waals surface area contributed by atoms with Crippen molar-refractivity contribution in [2.24, 2.45) is 5.92 Å². The number of carbonyl (C=O) groups excluding carboxylic acids is 1. The minimum atomic E-state index is -3.51. The van der Waals surface area contributed by atoms with E-state index in [2.05, 4.69) is 10.0 Å². The van der Waals surface area contributed by atoms with Crippen molar-refractivity contribution in [1.82, 2.24) is 10.0 Å². The lowest BCUT2D eigenvalue weighted by atomic mass is 10.2. The van der Waals surface area contributed by atoms with Crippen molar-refractivity contribution in [2.75, 3.05) is 6.54 Å². The van der Waals surface area contributed by atoms with Crippen LogP contribution in [-0.4, -0.2) is 33.0 Å². The van der Waals surface area contributed by atoms with Gasteiger partial charge in [-0.3, -0.25) is 4.79 Å². The average molecular weight is 368 g/mol. The number of benzene rings is 1. The molecule has 0 aromatic heterocycles. The van der Waals surface area contributed by atoms with Crippen molar-refractivity contribution < 1.29 is 17.9 Å². The number of sulfonamides is 1. The van der Waals surface area contributed by atoms with Crippen molar-refractivity contribution >= 4 is 15.9 Å². The molecular weight excluding hydrogens is 340 g/mol. The van der Waals surface area contributed by atoms with Crippen LogP contribution in [0.2, 0.25) is 0 Å². The predicted octanol–water partition coefficient (Wildman–Crippen LogP) is 2.45. The summed E-state index contributed by atoms with van der Waals surface area (Å²) in [6.45, 7) is 6.30.